The minimum absolute atomic E-state index is 0.0285. The second-order valence-electron chi connectivity index (χ2n) is 7.63. The van der Waals surface area contributed by atoms with E-state index in [-0.39, 0.29) is 24.7 Å². The molecule has 0 saturated carbocycles. The predicted octanol–water partition coefficient (Wildman–Crippen LogP) is 3.42. The fourth-order valence-electron chi connectivity index (χ4n) is 3.77. The second-order valence-corrected chi connectivity index (χ2v) is 8.04. The van der Waals surface area contributed by atoms with Crippen molar-refractivity contribution in [3.63, 3.8) is 0 Å². The van der Waals surface area contributed by atoms with E-state index >= 15 is 0 Å². The Morgan fingerprint density at radius 3 is 2.58 bits per heavy atom. The van der Waals surface area contributed by atoms with E-state index in [0.717, 1.165) is 12.1 Å². The fourth-order valence-corrected chi connectivity index (χ4v) is 3.99. The number of morpholine rings is 1. The molecule has 0 unspecified atom stereocenters. The minimum atomic E-state index is -4.64. The molecule has 2 aromatic carbocycles. The molecule has 7 nitrogen and oxygen atoms in total. The molecule has 1 N–H and O–H groups in total. The Labute approximate surface area is 193 Å². The topological polar surface area (TPSA) is 71.1 Å². The predicted molar refractivity (Wildman–Crippen MR) is 116 cm³/mol. The van der Waals surface area contributed by atoms with Crippen LogP contribution >= 0.6 is 11.6 Å². The number of hydrogen-bond donors (Lipinski definition) is 1. The maximum atomic E-state index is 13.1. The van der Waals surface area contributed by atoms with Gasteiger partial charge in [-0.3, -0.25) is 9.59 Å². The number of ether oxygens (including phenoxy) is 2. The highest BCUT2D eigenvalue weighted by atomic mass is 35.5. The van der Waals surface area contributed by atoms with Gasteiger partial charge in [-0.05, 0) is 30.3 Å². The Bertz CT molecular complexity index is 1040. The van der Waals surface area contributed by atoms with Crippen LogP contribution < -0.4 is 15.0 Å². The van der Waals surface area contributed by atoms with Gasteiger partial charge in [0.15, 0.2) is 6.10 Å². The summed E-state index contributed by atoms with van der Waals surface area (Å²) in [6, 6.07) is 10.2. The van der Waals surface area contributed by atoms with Gasteiger partial charge in [0, 0.05) is 18.8 Å². The molecule has 11 heteroatoms. The van der Waals surface area contributed by atoms with Crippen molar-refractivity contribution in [2.24, 2.45) is 0 Å². The summed E-state index contributed by atoms with van der Waals surface area (Å²) in [6.45, 7) is 1.74. The van der Waals surface area contributed by atoms with Gasteiger partial charge in [-0.2, -0.15) is 13.2 Å². The molecule has 1 atom stereocenters. The summed E-state index contributed by atoms with van der Waals surface area (Å²) >= 11 is 5.64. The van der Waals surface area contributed by atoms with Crippen LogP contribution in [0.4, 0.5) is 24.5 Å². The lowest BCUT2D eigenvalue weighted by Crippen LogP contribution is -2.53. The van der Waals surface area contributed by atoms with Gasteiger partial charge >= 0.3 is 6.18 Å². The first-order valence-corrected chi connectivity index (χ1v) is 10.6. The Kier molecular flexibility index (Phi) is 6.66. The lowest BCUT2D eigenvalue weighted by molar-refractivity contribution is -0.142. The number of carbonyl (C=O) groups is 2. The molecule has 1 fully saturated rings. The van der Waals surface area contributed by atoms with Crippen molar-refractivity contribution in [3.8, 4) is 5.75 Å². The molecule has 176 valence electrons. The number of anilines is 2. The van der Waals surface area contributed by atoms with Crippen molar-refractivity contribution < 1.29 is 32.2 Å². The number of halogens is 4. The van der Waals surface area contributed by atoms with Crippen LogP contribution in [0, 0.1) is 0 Å². The van der Waals surface area contributed by atoms with Crippen molar-refractivity contribution in [1.29, 1.82) is 0 Å². The Morgan fingerprint density at radius 2 is 1.85 bits per heavy atom. The fraction of sp³-hybridized carbons (Fsp3) is 0.364. The van der Waals surface area contributed by atoms with Gasteiger partial charge in [0.05, 0.1) is 42.6 Å². The van der Waals surface area contributed by atoms with Gasteiger partial charge in [0.25, 0.3) is 5.91 Å². The number of nitrogens with one attached hydrogen (secondary N) is 1. The number of benzene rings is 2. The van der Waals surface area contributed by atoms with Gasteiger partial charge in [0.1, 0.15) is 5.75 Å². The average molecular weight is 484 g/mol. The molecule has 2 amide bonds. The second kappa shape index (κ2) is 9.48. The van der Waals surface area contributed by atoms with Crippen LogP contribution in [-0.4, -0.2) is 62.2 Å². The zero-order valence-electron chi connectivity index (χ0n) is 17.4. The maximum absolute atomic E-state index is 13.1. The molecule has 0 spiro atoms. The lowest BCUT2D eigenvalue weighted by atomic mass is 10.1. The molecule has 33 heavy (non-hydrogen) atoms. The summed E-state index contributed by atoms with van der Waals surface area (Å²) in [7, 11) is 0. The van der Waals surface area contributed by atoms with Crippen LogP contribution in [0.5, 0.6) is 5.75 Å². The van der Waals surface area contributed by atoms with Crippen molar-refractivity contribution >= 4 is 34.8 Å². The van der Waals surface area contributed by atoms with Crippen LogP contribution in [0.1, 0.15) is 5.56 Å². The average Bonchev–Trinajstić information content (AvgIpc) is 2.79. The molecular weight excluding hydrogens is 463 g/mol. The van der Waals surface area contributed by atoms with Gasteiger partial charge in [-0.1, -0.05) is 23.7 Å². The van der Waals surface area contributed by atoms with Crippen LogP contribution in [0.15, 0.2) is 42.5 Å². The lowest BCUT2D eigenvalue weighted by Gasteiger charge is -2.38. The Morgan fingerprint density at radius 1 is 1.12 bits per heavy atom. The van der Waals surface area contributed by atoms with E-state index in [9.17, 15) is 22.8 Å². The van der Waals surface area contributed by atoms with Gasteiger partial charge in [-0.15, -0.1) is 0 Å². The van der Waals surface area contributed by atoms with E-state index in [4.69, 9.17) is 21.1 Å². The van der Waals surface area contributed by atoms with Crippen molar-refractivity contribution in [3.05, 3.63) is 53.1 Å². The number of carbonyl (C=O) groups excluding carboxylic acids is 2. The first-order valence-electron chi connectivity index (χ1n) is 10.3. The van der Waals surface area contributed by atoms with Gasteiger partial charge in [0.2, 0.25) is 5.91 Å². The molecule has 2 aromatic rings. The highest BCUT2D eigenvalue weighted by molar-refractivity contribution is 6.31. The molecule has 2 aliphatic heterocycles. The summed E-state index contributed by atoms with van der Waals surface area (Å²) in [5.74, 6) is -0.292. The summed E-state index contributed by atoms with van der Waals surface area (Å²) in [4.78, 5) is 29.0. The molecule has 0 aliphatic carbocycles. The summed E-state index contributed by atoms with van der Waals surface area (Å²) in [5, 5.41) is 2.02. The smallest absolute Gasteiger partial charge is 0.417 e. The summed E-state index contributed by atoms with van der Waals surface area (Å²) in [5.41, 5.74) is -0.445. The Hall–Kier alpha value is -2.98. The number of hydrogen-bond acceptors (Lipinski definition) is 5. The molecular formula is C22H21ClF3N3O4. The van der Waals surface area contributed by atoms with Crippen LogP contribution in [0.3, 0.4) is 0 Å². The normalized spacial score (nSPS) is 18.4. The third-order valence-corrected chi connectivity index (χ3v) is 5.68. The summed E-state index contributed by atoms with van der Waals surface area (Å²) in [6.07, 6.45) is -5.47. The third-order valence-electron chi connectivity index (χ3n) is 5.35. The van der Waals surface area contributed by atoms with E-state index < -0.39 is 28.8 Å². The standard InChI is InChI=1S/C22H21ClF3N3O4/c23-16-6-5-14(11-15(16)22(24,25)26)27-20(30)13-29-12-19(21(31)28-7-9-32-10-8-28)33-18-4-2-1-3-17(18)29/h1-6,11,19H,7-10,12-13H2,(H,27,30)/t19-/m1/s1. The third kappa shape index (κ3) is 5.33. The van der Waals surface area contributed by atoms with E-state index in [1.54, 1.807) is 34.1 Å². The first-order chi connectivity index (χ1) is 15.7. The molecule has 0 bridgehead atoms. The number of fused-ring (bicyclic) bond motifs is 1. The monoisotopic (exact) mass is 483 g/mol. The highest BCUT2D eigenvalue weighted by Crippen LogP contribution is 2.36. The van der Waals surface area contributed by atoms with Crippen LogP contribution in [0.25, 0.3) is 0 Å². The molecule has 0 radical (unpaired) electrons. The van der Waals surface area contributed by atoms with E-state index in [0.29, 0.717) is 37.7 Å². The SMILES string of the molecule is O=C(CN1C[C@H](C(=O)N2CCOCC2)Oc2ccccc21)Nc1ccc(Cl)c(C(F)(F)F)c1. The molecule has 2 heterocycles. The van der Waals surface area contributed by atoms with Crippen molar-refractivity contribution in [2.45, 2.75) is 12.3 Å². The highest BCUT2D eigenvalue weighted by Gasteiger charge is 2.35. The van der Waals surface area contributed by atoms with Crippen molar-refractivity contribution in [2.75, 3.05) is 49.6 Å². The Balaban J connectivity index is 1.49. The quantitative estimate of drug-likeness (QED) is 0.721. The summed E-state index contributed by atoms with van der Waals surface area (Å²) < 4.78 is 50.5. The molecule has 4 rings (SSSR count). The van der Waals surface area contributed by atoms with Crippen LogP contribution in [0.2, 0.25) is 5.02 Å². The molecule has 2 aliphatic rings. The largest absolute Gasteiger partial charge is 0.477 e. The van der Waals surface area contributed by atoms with Crippen LogP contribution in [-0.2, 0) is 20.5 Å². The van der Waals surface area contributed by atoms with E-state index in [1.807, 2.05) is 0 Å². The number of amides is 2. The van der Waals surface area contributed by atoms with E-state index in [1.165, 1.54) is 6.07 Å². The zero-order valence-corrected chi connectivity index (χ0v) is 18.2. The maximum Gasteiger partial charge on any atom is 0.417 e. The van der Waals surface area contributed by atoms with Crippen molar-refractivity contribution in [1.82, 2.24) is 4.90 Å². The molecule has 0 aromatic heterocycles. The zero-order chi connectivity index (χ0) is 23.6. The minimum Gasteiger partial charge on any atom is -0.477 e. The number of alkyl halides is 3. The number of rotatable bonds is 4. The van der Waals surface area contributed by atoms with E-state index in [2.05, 4.69) is 5.32 Å². The number of para-hydroxylation sites is 2. The molecule has 1 saturated heterocycles. The first kappa shape index (κ1) is 23.2. The number of nitrogens with zero attached hydrogens (tertiary/aromatic N) is 2. The van der Waals surface area contributed by atoms with Gasteiger partial charge < -0.3 is 24.6 Å². The van der Waals surface area contributed by atoms with Gasteiger partial charge in [-0.25, -0.2) is 0 Å².